The Morgan fingerprint density at radius 1 is 0.952 bits per heavy atom. The van der Waals surface area contributed by atoms with Crippen molar-refractivity contribution in [2.45, 2.75) is 26.2 Å². The van der Waals surface area contributed by atoms with E-state index in [9.17, 15) is 0 Å². The van der Waals surface area contributed by atoms with Crippen molar-refractivity contribution in [1.29, 1.82) is 0 Å². The van der Waals surface area contributed by atoms with Crippen LogP contribution < -0.4 is 4.90 Å². The van der Waals surface area contributed by atoms with E-state index in [1.165, 1.54) is 28.8 Å². The standard InChI is InChI=1S/C20H25N/c1-4-10-18(15-17-11-6-5-7-12-17)16-19-13-8-9-14-20(19)21(2)3/h5-9,11-15H,4,10,16H2,1-3H3/b18-15+. The van der Waals surface area contributed by atoms with Gasteiger partial charge in [0.15, 0.2) is 0 Å². The van der Waals surface area contributed by atoms with Crippen LogP contribution in [0.3, 0.4) is 0 Å². The van der Waals surface area contributed by atoms with Crippen LogP contribution in [0.1, 0.15) is 30.9 Å². The third-order valence-electron chi connectivity index (χ3n) is 3.63. The zero-order valence-corrected chi connectivity index (χ0v) is 13.3. The fraction of sp³-hybridized carbons (Fsp3) is 0.300. The molecular weight excluding hydrogens is 254 g/mol. The topological polar surface area (TPSA) is 3.24 Å². The summed E-state index contributed by atoms with van der Waals surface area (Å²) in [4.78, 5) is 2.20. The second-order valence-electron chi connectivity index (χ2n) is 5.66. The first-order chi connectivity index (χ1) is 10.2. The number of para-hydroxylation sites is 1. The minimum absolute atomic E-state index is 1.02. The maximum absolute atomic E-state index is 2.34. The quantitative estimate of drug-likeness (QED) is 0.704. The molecule has 1 heteroatoms. The Bertz CT molecular complexity index is 582. The summed E-state index contributed by atoms with van der Waals surface area (Å²) in [7, 11) is 4.22. The van der Waals surface area contributed by atoms with Crippen LogP contribution in [0.2, 0.25) is 0 Å². The third-order valence-corrected chi connectivity index (χ3v) is 3.63. The maximum Gasteiger partial charge on any atom is 0.0396 e. The summed E-state index contributed by atoms with van der Waals surface area (Å²) in [6, 6.07) is 19.3. The molecule has 0 unspecified atom stereocenters. The molecule has 2 rings (SSSR count). The SMILES string of the molecule is CCC/C(=C\c1ccccc1)Cc1ccccc1N(C)C. The van der Waals surface area contributed by atoms with Gasteiger partial charge in [0.25, 0.3) is 0 Å². The van der Waals surface area contributed by atoms with E-state index in [1.54, 1.807) is 0 Å². The van der Waals surface area contributed by atoms with Crippen molar-refractivity contribution in [2.24, 2.45) is 0 Å². The van der Waals surface area contributed by atoms with Crippen molar-refractivity contribution in [1.82, 2.24) is 0 Å². The summed E-state index contributed by atoms with van der Waals surface area (Å²) in [6.07, 6.45) is 5.70. The van der Waals surface area contributed by atoms with Crippen molar-refractivity contribution in [3.05, 3.63) is 71.3 Å². The van der Waals surface area contributed by atoms with Gasteiger partial charge in [-0.05, 0) is 30.0 Å². The Kier molecular flexibility index (Phi) is 5.62. The van der Waals surface area contributed by atoms with E-state index in [0.29, 0.717) is 0 Å². The first kappa shape index (κ1) is 15.4. The summed E-state index contributed by atoms with van der Waals surface area (Å²) in [5, 5.41) is 0. The van der Waals surface area contributed by atoms with Crippen LogP contribution in [-0.4, -0.2) is 14.1 Å². The van der Waals surface area contributed by atoms with Gasteiger partial charge < -0.3 is 4.90 Å². The lowest BCUT2D eigenvalue weighted by molar-refractivity contribution is 0.875. The molecule has 0 spiro atoms. The zero-order valence-electron chi connectivity index (χ0n) is 13.3. The van der Waals surface area contributed by atoms with Crippen LogP contribution in [-0.2, 0) is 6.42 Å². The van der Waals surface area contributed by atoms with Crippen LogP contribution in [0.25, 0.3) is 6.08 Å². The van der Waals surface area contributed by atoms with Crippen molar-refractivity contribution < 1.29 is 0 Å². The zero-order chi connectivity index (χ0) is 15.1. The van der Waals surface area contributed by atoms with E-state index in [-0.39, 0.29) is 0 Å². The fourth-order valence-electron chi connectivity index (χ4n) is 2.66. The lowest BCUT2D eigenvalue weighted by Crippen LogP contribution is -2.11. The van der Waals surface area contributed by atoms with Gasteiger partial charge in [-0.2, -0.15) is 0 Å². The third kappa shape index (κ3) is 4.49. The Labute approximate surface area is 128 Å². The van der Waals surface area contributed by atoms with Crippen molar-refractivity contribution in [3.63, 3.8) is 0 Å². The Balaban J connectivity index is 2.27. The molecule has 0 fully saturated rings. The molecule has 2 aromatic carbocycles. The second-order valence-corrected chi connectivity index (χ2v) is 5.66. The summed E-state index contributed by atoms with van der Waals surface area (Å²) in [5.41, 5.74) is 5.51. The molecule has 110 valence electrons. The van der Waals surface area contributed by atoms with E-state index in [4.69, 9.17) is 0 Å². The molecule has 0 bridgehead atoms. The van der Waals surface area contributed by atoms with E-state index < -0.39 is 0 Å². The molecule has 0 saturated carbocycles. The molecule has 0 aliphatic heterocycles. The first-order valence-electron chi connectivity index (χ1n) is 7.70. The number of anilines is 1. The monoisotopic (exact) mass is 279 g/mol. The summed E-state index contributed by atoms with van der Waals surface area (Å²) < 4.78 is 0. The van der Waals surface area contributed by atoms with Gasteiger partial charge in [0.05, 0.1) is 0 Å². The van der Waals surface area contributed by atoms with Gasteiger partial charge in [-0.1, -0.05) is 73.5 Å². The molecule has 0 aliphatic rings. The van der Waals surface area contributed by atoms with E-state index in [2.05, 4.69) is 86.6 Å². The normalized spacial score (nSPS) is 11.5. The lowest BCUT2D eigenvalue weighted by atomic mass is 9.97. The van der Waals surface area contributed by atoms with Gasteiger partial charge in [-0.15, -0.1) is 0 Å². The second kappa shape index (κ2) is 7.68. The lowest BCUT2D eigenvalue weighted by Gasteiger charge is -2.18. The van der Waals surface area contributed by atoms with Gasteiger partial charge >= 0.3 is 0 Å². The van der Waals surface area contributed by atoms with Gasteiger partial charge in [-0.3, -0.25) is 0 Å². The molecule has 0 saturated heterocycles. The van der Waals surface area contributed by atoms with Gasteiger partial charge in [-0.25, -0.2) is 0 Å². The van der Waals surface area contributed by atoms with Crippen LogP contribution in [0.4, 0.5) is 5.69 Å². The number of hydrogen-bond donors (Lipinski definition) is 0. The molecule has 1 nitrogen and oxygen atoms in total. The molecule has 0 amide bonds. The number of hydrogen-bond acceptors (Lipinski definition) is 1. The molecular formula is C20H25N. The van der Waals surface area contributed by atoms with Crippen LogP contribution in [0.5, 0.6) is 0 Å². The average Bonchev–Trinajstić information content (AvgIpc) is 2.49. The van der Waals surface area contributed by atoms with E-state index in [1.807, 2.05) is 0 Å². The predicted octanol–water partition coefficient (Wildman–Crippen LogP) is 5.18. The van der Waals surface area contributed by atoms with Gasteiger partial charge in [0.1, 0.15) is 0 Å². The minimum Gasteiger partial charge on any atom is -0.377 e. The summed E-state index contributed by atoms with van der Waals surface area (Å²) in [6.45, 7) is 2.25. The summed E-state index contributed by atoms with van der Waals surface area (Å²) >= 11 is 0. The number of nitrogens with zero attached hydrogens (tertiary/aromatic N) is 1. The Morgan fingerprint density at radius 2 is 1.62 bits per heavy atom. The average molecular weight is 279 g/mol. The molecule has 0 atom stereocenters. The van der Waals surface area contributed by atoms with Crippen molar-refractivity contribution in [3.8, 4) is 0 Å². The smallest absolute Gasteiger partial charge is 0.0396 e. The molecule has 2 aromatic rings. The first-order valence-corrected chi connectivity index (χ1v) is 7.70. The van der Waals surface area contributed by atoms with Gasteiger partial charge in [0, 0.05) is 19.8 Å². The molecule has 0 aromatic heterocycles. The number of benzene rings is 2. The Morgan fingerprint density at radius 3 is 2.29 bits per heavy atom. The van der Waals surface area contributed by atoms with E-state index >= 15 is 0 Å². The molecule has 0 aliphatic carbocycles. The van der Waals surface area contributed by atoms with Crippen LogP contribution in [0, 0.1) is 0 Å². The highest BCUT2D eigenvalue weighted by Crippen LogP contribution is 2.24. The molecule has 0 radical (unpaired) electrons. The number of allylic oxidation sites excluding steroid dienone is 1. The molecule has 21 heavy (non-hydrogen) atoms. The number of rotatable bonds is 6. The van der Waals surface area contributed by atoms with Crippen LogP contribution in [0.15, 0.2) is 60.2 Å². The predicted molar refractivity (Wildman–Crippen MR) is 93.8 cm³/mol. The highest BCUT2D eigenvalue weighted by atomic mass is 15.1. The molecule has 0 N–H and O–H groups in total. The highest BCUT2D eigenvalue weighted by Gasteiger charge is 2.06. The maximum atomic E-state index is 2.34. The van der Waals surface area contributed by atoms with Crippen molar-refractivity contribution >= 4 is 11.8 Å². The van der Waals surface area contributed by atoms with Crippen molar-refractivity contribution in [2.75, 3.05) is 19.0 Å². The summed E-state index contributed by atoms with van der Waals surface area (Å²) in [5.74, 6) is 0. The minimum atomic E-state index is 1.02. The van der Waals surface area contributed by atoms with Crippen LogP contribution >= 0.6 is 0 Å². The highest BCUT2D eigenvalue weighted by molar-refractivity contribution is 5.58. The van der Waals surface area contributed by atoms with E-state index in [0.717, 1.165) is 12.8 Å². The Hall–Kier alpha value is -2.02. The molecule has 0 heterocycles. The fourth-order valence-corrected chi connectivity index (χ4v) is 2.66. The van der Waals surface area contributed by atoms with Gasteiger partial charge in [0.2, 0.25) is 0 Å². The largest absolute Gasteiger partial charge is 0.377 e.